The van der Waals surface area contributed by atoms with Gasteiger partial charge in [-0.15, -0.1) is 0 Å². The zero-order valence-corrected chi connectivity index (χ0v) is 12.6. The van der Waals surface area contributed by atoms with Crippen LogP contribution in [0.3, 0.4) is 0 Å². The summed E-state index contributed by atoms with van der Waals surface area (Å²) in [6, 6.07) is 7.20. The summed E-state index contributed by atoms with van der Waals surface area (Å²) in [6.45, 7) is 1.74. The average Bonchev–Trinajstić information content (AvgIpc) is 3.15. The zero-order chi connectivity index (χ0) is 15.5. The van der Waals surface area contributed by atoms with E-state index in [0.29, 0.717) is 30.2 Å². The van der Waals surface area contributed by atoms with Crippen molar-refractivity contribution >= 4 is 17.5 Å². The first kappa shape index (κ1) is 15.0. The van der Waals surface area contributed by atoms with E-state index in [1.807, 2.05) is 12.1 Å². The molecule has 116 valence electrons. The largest absolute Gasteiger partial charge is 0.391 e. The highest BCUT2D eigenvalue weighted by Gasteiger charge is 2.25. The molecule has 1 aromatic heterocycles. The number of carbonyl (C=O) groups excluding carboxylic acids is 1. The van der Waals surface area contributed by atoms with Crippen LogP contribution in [-0.4, -0.2) is 46.5 Å². The van der Waals surface area contributed by atoms with Gasteiger partial charge in [0.15, 0.2) is 0 Å². The van der Waals surface area contributed by atoms with E-state index in [2.05, 4.69) is 15.7 Å². The molecule has 2 heterocycles. The van der Waals surface area contributed by atoms with Crippen LogP contribution in [0.15, 0.2) is 36.7 Å². The molecular weight excluding hydrogens is 304 g/mol. The van der Waals surface area contributed by atoms with Crippen molar-refractivity contribution in [2.45, 2.75) is 6.10 Å². The maximum Gasteiger partial charge on any atom is 0.254 e. The molecule has 0 aliphatic carbocycles. The van der Waals surface area contributed by atoms with Gasteiger partial charge in [0.1, 0.15) is 0 Å². The van der Waals surface area contributed by atoms with Gasteiger partial charge < -0.3 is 15.7 Å². The van der Waals surface area contributed by atoms with Crippen LogP contribution in [0.1, 0.15) is 10.4 Å². The molecule has 2 atom stereocenters. The Labute approximate surface area is 133 Å². The molecule has 1 saturated heterocycles. The Bertz CT molecular complexity index is 656. The van der Waals surface area contributed by atoms with Gasteiger partial charge in [-0.25, -0.2) is 4.68 Å². The number of amides is 1. The van der Waals surface area contributed by atoms with E-state index in [-0.39, 0.29) is 11.8 Å². The molecule has 2 aromatic rings. The van der Waals surface area contributed by atoms with Crippen LogP contribution >= 0.6 is 11.6 Å². The van der Waals surface area contributed by atoms with Gasteiger partial charge in [-0.2, -0.15) is 5.10 Å². The molecule has 3 rings (SSSR count). The van der Waals surface area contributed by atoms with Gasteiger partial charge in [-0.3, -0.25) is 4.79 Å². The van der Waals surface area contributed by atoms with Gasteiger partial charge in [0, 0.05) is 36.8 Å². The van der Waals surface area contributed by atoms with Crippen LogP contribution in [0.2, 0.25) is 5.02 Å². The van der Waals surface area contributed by atoms with Crippen molar-refractivity contribution in [1.82, 2.24) is 20.4 Å². The standard InChI is InChI=1S/C15H17ClN4O2/c16-12-1-3-13(4-2-12)20-9-11(7-19-20)15(22)18-6-10-5-17-8-14(10)21/h1-4,7,9-10,14,17,21H,5-6,8H2,(H,18,22). The van der Waals surface area contributed by atoms with E-state index in [1.54, 1.807) is 23.0 Å². The first-order valence-electron chi connectivity index (χ1n) is 7.11. The van der Waals surface area contributed by atoms with Crippen LogP contribution < -0.4 is 10.6 Å². The summed E-state index contributed by atoms with van der Waals surface area (Å²) in [4.78, 5) is 12.1. The lowest BCUT2D eigenvalue weighted by Gasteiger charge is -2.13. The lowest BCUT2D eigenvalue weighted by molar-refractivity contribution is 0.0927. The van der Waals surface area contributed by atoms with Crippen LogP contribution in [-0.2, 0) is 0 Å². The van der Waals surface area contributed by atoms with E-state index in [4.69, 9.17) is 11.6 Å². The van der Waals surface area contributed by atoms with Gasteiger partial charge in [0.05, 0.1) is 23.6 Å². The second-order valence-electron chi connectivity index (χ2n) is 5.35. The zero-order valence-electron chi connectivity index (χ0n) is 11.9. The molecule has 7 heteroatoms. The van der Waals surface area contributed by atoms with Crippen molar-refractivity contribution in [2.24, 2.45) is 5.92 Å². The first-order chi connectivity index (χ1) is 10.6. The summed E-state index contributed by atoms with van der Waals surface area (Å²) in [7, 11) is 0. The maximum absolute atomic E-state index is 12.1. The highest BCUT2D eigenvalue weighted by molar-refractivity contribution is 6.30. The number of aromatic nitrogens is 2. The first-order valence-corrected chi connectivity index (χ1v) is 7.49. The van der Waals surface area contributed by atoms with Crippen LogP contribution in [0.4, 0.5) is 0 Å². The van der Waals surface area contributed by atoms with Crippen molar-refractivity contribution in [1.29, 1.82) is 0 Å². The molecule has 6 nitrogen and oxygen atoms in total. The third kappa shape index (κ3) is 3.30. The molecule has 1 aromatic carbocycles. The smallest absolute Gasteiger partial charge is 0.254 e. The number of aliphatic hydroxyl groups excluding tert-OH is 1. The number of carbonyl (C=O) groups is 1. The minimum atomic E-state index is -0.405. The number of aliphatic hydroxyl groups is 1. The van der Waals surface area contributed by atoms with Crippen LogP contribution in [0, 0.1) is 5.92 Å². The van der Waals surface area contributed by atoms with Crippen molar-refractivity contribution in [3.05, 3.63) is 47.2 Å². The molecule has 1 fully saturated rings. The number of rotatable bonds is 4. The normalized spacial score (nSPS) is 21.0. The van der Waals surface area contributed by atoms with E-state index >= 15 is 0 Å². The number of halogens is 1. The SMILES string of the molecule is O=C(NCC1CNCC1O)c1cnn(-c2ccc(Cl)cc2)c1. The van der Waals surface area contributed by atoms with Crippen LogP contribution in [0.5, 0.6) is 0 Å². The van der Waals surface area contributed by atoms with Crippen LogP contribution in [0.25, 0.3) is 5.69 Å². The minimum absolute atomic E-state index is 0.0512. The molecule has 1 aliphatic heterocycles. The predicted molar refractivity (Wildman–Crippen MR) is 83.3 cm³/mol. The fourth-order valence-corrected chi connectivity index (χ4v) is 2.55. The van der Waals surface area contributed by atoms with E-state index < -0.39 is 6.10 Å². The fraction of sp³-hybridized carbons (Fsp3) is 0.333. The van der Waals surface area contributed by atoms with Crippen molar-refractivity contribution in [3.63, 3.8) is 0 Å². The number of nitrogens with zero attached hydrogens (tertiary/aromatic N) is 2. The predicted octanol–water partition coefficient (Wildman–Crippen LogP) is 0.836. The second-order valence-corrected chi connectivity index (χ2v) is 5.78. The van der Waals surface area contributed by atoms with E-state index in [9.17, 15) is 9.90 Å². The van der Waals surface area contributed by atoms with Crippen molar-refractivity contribution in [3.8, 4) is 5.69 Å². The second kappa shape index (κ2) is 6.48. The van der Waals surface area contributed by atoms with Gasteiger partial charge in [-0.05, 0) is 24.3 Å². The molecule has 0 bridgehead atoms. The number of hydrogen-bond acceptors (Lipinski definition) is 4. The average molecular weight is 321 g/mol. The van der Waals surface area contributed by atoms with E-state index in [0.717, 1.165) is 5.69 Å². The fourth-order valence-electron chi connectivity index (χ4n) is 2.43. The van der Waals surface area contributed by atoms with Gasteiger partial charge in [-0.1, -0.05) is 11.6 Å². The third-order valence-electron chi connectivity index (χ3n) is 3.76. The third-order valence-corrected chi connectivity index (χ3v) is 4.02. The summed E-state index contributed by atoms with van der Waals surface area (Å²) >= 11 is 5.85. The molecule has 0 radical (unpaired) electrons. The summed E-state index contributed by atoms with van der Waals surface area (Å²) < 4.78 is 1.62. The van der Waals surface area contributed by atoms with Gasteiger partial charge in [0.25, 0.3) is 5.91 Å². The summed E-state index contributed by atoms with van der Waals surface area (Å²) in [6.07, 6.45) is 2.78. The van der Waals surface area contributed by atoms with Gasteiger partial charge in [0.2, 0.25) is 0 Å². The number of β-amino-alcohol motifs (C(OH)–C–C–N with tert-alkyl or cyclic N) is 1. The number of nitrogens with one attached hydrogen (secondary N) is 2. The molecule has 2 unspecified atom stereocenters. The Morgan fingerprint density at radius 3 is 2.86 bits per heavy atom. The lowest BCUT2D eigenvalue weighted by atomic mass is 10.1. The summed E-state index contributed by atoms with van der Waals surface area (Å²) in [5.74, 6) is -0.144. The highest BCUT2D eigenvalue weighted by Crippen LogP contribution is 2.13. The molecule has 1 amide bonds. The van der Waals surface area contributed by atoms with Gasteiger partial charge >= 0.3 is 0 Å². The number of hydrogen-bond donors (Lipinski definition) is 3. The van der Waals surface area contributed by atoms with E-state index in [1.165, 1.54) is 6.20 Å². The van der Waals surface area contributed by atoms with Crippen molar-refractivity contribution in [2.75, 3.05) is 19.6 Å². The Morgan fingerprint density at radius 1 is 1.41 bits per heavy atom. The topological polar surface area (TPSA) is 79.2 Å². The Balaban J connectivity index is 1.63. The molecular formula is C15H17ClN4O2. The summed E-state index contributed by atoms with van der Waals surface area (Å²) in [5, 5.41) is 20.5. The minimum Gasteiger partial charge on any atom is -0.391 e. The molecule has 3 N–H and O–H groups in total. The molecule has 0 saturated carbocycles. The molecule has 22 heavy (non-hydrogen) atoms. The monoisotopic (exact) mass is 320 g/mol. The Hall–Kier alpha value is -1.89. The summed E-state index contributed by atoms with van der Waals surface area (Å²) in [5.41, 5.74) is 1.31. The maximum atomic E-state index is 12.1. The Kier molecular flexibility index (Phi) is 4.42. The Morgan fingerprint density at radius 2 is 2.18 bits per heavy atom. The quantitative estimate of drug-likeness (QED) is 0.780. The number of benzene rings is 1. The lowest BCUT2D eigenvalue weighted by Crippen LogP contribution is -2.34. The molecule has 0 spiro atoms. The molecule has 1 aliphatic rings. The van der Waals surface area contributed by atoms with Crippen molar-refractivity contribution < 1.29 is 9.90 Å². The highest BCUT2D eigenvalue weighted by atomic mass is 35.5.